The van der Waals surface area contributed by atoms with Crippen LogP contribution in [0.4, 0.5) is 16.6 Å². The second-order valence-electron chi connectivity index (χ2n) is 11.9. The van der Waals surface area contributed by atoms with Gasteiger partial charge in [-0.2, -0.15) is 4.98 Å². The number of rotatable bonds is 12. The van der Waals surface area contributed by atoms with Crippen LogP contribution in [-0.2, 0) is 27.2 Å². The van der Waals surface area contributed by atoms with E-state index in [0.717, 1.165) is 24.1 Å². The van der Waals surface area contributed by atoms with E-state index >= 15 is 0 Å². The number of aliphatic hydroxyl groups is 1. The van der Waals surface area contributed by atoms with Crippen LogP contribution in [0.25, 0.3) is 0 Å². The van der Waals surface area contributed by atoms with Crippen molar-refractivity contribution in [2.45, 2.75) is 70.9 Å². The van der Waals surface area contributed by atoms with E-state index in [4.69, 9.17) is 18.9 Å². The van der Waals surface area contributed by atoms with Gasteiger partial charge in [-0.3, -0.25) is 9.69 Å². The second kappa shape index (κ2) is 14.2. The molecule has 4 rings (SSSR count). The third kappa shape index (κ3) is 8.68. The van der Waals surface area contributed by atoms with Crippen molar-refractivity contribution in [3.8, 4) is 5.75 Å². The lowest BCUT2D eigenvalue weighted by atomic mass is 9.91. The minimum absolute atomic E-state index is 0.101. The van der Waals surface area contributed by atoms with Crippen molar-refractivity contribution in [2.75, 3.05) is 57.5 Å². The zero-order valence-corrected chi connectivity index (χ0v) is 25.9. The number of ether oxygens (including phenoxy) is 4. The topological polar surface area (TPSA) is 148 Å². The van der Waals surface area contributed by atoms with Crippen molar-refractivity contribution in [1.29, 1.82) is 0 Å². The Balaban J connectivity index is 1.50. The van der Waals surface area contributed by atoms with E-state index in [1.807, 2.05) is 30.1 Å². The first-order valence-electron chi connectivity index (χ1n) is 14.6. The monoisotopic (exact) mass is 600 g/mol. The fourth-order valence-electron chi connectivity index (χ4n) is 4.85. The molecule has 0 saturated carbocycles. The molecule has 3 heterocycles. The first-order valence-corrected chi connectivity index (χ1v) is 14.6. The lowest BCUT2D eigenvalue weighted by molar-refractivity contribution is -0.0114. The van der Waals surface area contributed by atoms with Gasteiger partial charge in [0.05, 0.1) is 31.4 Å². The van der Waals surface area contributed by atoms with E-state index in [9.17, 15) is 14.7 Å². The highest BCUT2D eigenvalue weighted by atomic mass is 16.7. The van der Waals surface area contributed by atoms with Crippen LogP contribution in [0.2, 0.25) is 0 Å². The van der Waals surface area contributed by atoms with Gasteiger partial charge in [-0.25, -0.2) is 9.78 Å². The van der Waals surface area contributed by atoms with Crippen molar-refractivity contribution < 1.29 is 33.6 Å². The lowest BCUT2D eigenvalue weighted by Crippen LogP contribution is -2.54. The van der Waals surface area contributed by atoms with Crippen LogP contribution in [-0.4, -0.2) is 103 Å². The van der Waals surface area contributed by atoms with Gasteiger partial charge < -0.3 is 39.6 Å². The molecule has 1 aromatic heterocycles. The molecular formula is C30H44N6O7. The molecule has 0 unspecified atom stereocenters. The summed E-state index contributed by atoms with van der Waals surface area (Å²) in [4.78, 5) is 39.0. The highest BCUT2D eigenvalue weighted by Crippen LogP contribution is 2.30. The second-order valence-corrected chi connectivity index (χ2v) is 11.9. The minimum Gasteiger partial charge on any atom is -0.468 e. The third-order valence-corrected chi connectivity index (χ3v) is 7.07. The maximum absolute atomic E-state index is 13.3. The highest BCUT2D eigenvalue weighted by molar-refractivity contribution is 5.93. The number of carbonyl (C=O) groups is 2. The number of carbonyl (C=O) groups excluding carboxylic acids is 2. The van der Waals surface area contributed by atoms with Gasteiger partial charge in [0.2, 0.25) is 5.95 Å². The Bertz CT molecular complexity index is 1270. The molecule has 43 heavy (non-hydrogen) atoms. The summed E-state index contributed by atoms with van der Waals surface area (Å²) in [5.41, 5.74) is 1.30. The van der Waals surface area contributed by atoms with Crippen LogP contribution in [0.5, 0.6) is 5.75 Å². The van der Waals surface area contributed by atoms with Gasteiger partial charge in [-0.15, -0.1) is 0 Å². The van der Waals surface area contributed by atoms with E-state index in [-0.39, 0.29) is 31.6 Å². The Morgan fingerprint density at radius 3 is 2.63 bits per heavy atom. The van der Waals surface area contributed by atoms with Crippen molar-refractivity contribution in [3.63, 3.8) is 0 Å². The molecule has 2 aliphatic heterocycles. The number of fused-ring (bicyclic) bond motifs is 1. The number of benzene rings is 1. The molecule has 2 aliphatic rings. The number of aliphatic hydroxyl groups excluding tert-OH is 1. The van der Waals surface area contributed by atoms with Crippen LogP contribution in [0.1, 0.15) is 55.7 Å². The van der Waals surface area contributed by atoms with Crippen molar-refractivity contribution in [3.05, 3.63) is 41.1 Å². The van der Waals surface area contributed by atoms with Gasteiger partial charge in [0, 0.05) is 39.9 Å². The molecule has 0 bridgehead atoms. The number of hydrogen-bond acceptors (Lipinski definition) is 11. The Hall–Kier alpha value is -3.68. The van der Waals surface area contributed by atoms with Crippen LogP contribution < -0.4 is 20.3 Å². The van der Waals surface area contributed by atoms with Crippen molar-refractivity contribution >= 4 is 23.8 Å². The first-order chi connectivity index (χ1) is 20.5. The highest BCUT2D eigenvalue weighted by Gasteiger charge is 2.37. The zero-order valence-electron chi connectivity index (χ0n) is 25.9. The predicted octanol–water partition coefficient (Wildman–Crippen LogP) is 2.57. The number of nitrogens with one attached hydrogen (secondary N) is 2. The number of anilines is 2. The van der Waals surface area contributed by atoms with Crippen LogP contribution in [0.3, 0.4) is 0 Å². The fourth-order valence-corrected chi connectivity index (χ4v) is 4.85. The minimum atomic E-state index is -1.08. The number of aromatic nitrogens is 2. The summed E-state index contributed by atoms with van der Waals surface area (Å²) in [6, 6.07) is 6.68. The smallest absolute Gasteiger partial charge is 0.410 e. The van der Waals surface area contributed by atoms with Gasteiger partial charge in [0.15, 0.2) is 6.79 Å². The molecule has 3 N–H and O–H groups in total. The predicted molar refractivity (Wildman–Crippen MR) is 160 cm³/mol. The molecular weight excluding hydrogens is 556 g/mol. The molecule has 0 spiro atoms. The largest absolute Gasteiger partial charge is 0.468 e. The van der Waals surface area contributed by atoms with Gasteiger partial charge >= 0.3 is 6.09 Å². The summed E-state index contributed by atoms with van der Waals surface area (Å²) in [5, 5.41) is 17.4. The number of methoxy groups -OCH3 is 1. The standard InChI is InChI=1S/C30H44N6O7/c1-7-10-35(5)28-33-23(13-26(34-28)32-21-16-41-17-21)27(38)31-14-25(37)24-12-19-8-9-22(42-18-40-6)11-20(19)15-36(24)29(39)43-30(2,3)4/h8-9,11,13,21,24-25,37H,7,10,12,14-18H2,1-6H3,(H,31,38)(H,32,33,34)/t24-,25+/m0/s1. The van der Waals surface area contributed by atoms with Gasteiger partial charge in [0.25, 0.3) is 5.91 Å². The van der Waals surface area contributed by atoms with Crippen LogP contribution in [0, 0.1) is 0 Å². The molecule has 236 valence electrons. The average molecular weight is 601 g/mol. The summed E-state index contributed by atoms with van der Waals surface area (Å²) >= 11 is 0. The maximum Gasteiger partial charge on any atom is 0.410 e. The first kappa shape index (κ1) is 32.2. The van der Waals surface area contributed by atoms with Gasteiger partial charge in [-0.1, -0.05) is 13.0 Å². The zero-order chi connectivity index (χ0) is 31.1. The van der Waals surface area contributed by atoms with E-state index < -0.39 is 29.7 Å². The van der Waals surface area contributed by atoms with Crippen LogP contribution in [0.15, 0.2) is 24.3 Å². The number of hydrogen-bond donors (Lipinski definition) is 3. The molecule has 0 radical (unpaired) electrons. The van der Waals surface area contributed by atoms with Crippen LogP contribution >= 0.6 is 0 Å². The Morgan fingerprint density at radius 2 is 1.98 bits per heavy atom. The number of nitrogens with zero attached hydrogens (tertiary/aromatic N) is 4. The Morgan fingerprint density at radius 1 is 1.21 bits per heavy atom. The van der Waals surface area contributed by atoms with E-state index in [1.165, 1.54) is 4.90 Å². The molecule has 1 fully saturated rings. The van der Waals surface area contributed by atoms with E-state index in [0.29, 0.717) is 37.2 Å². The fraction of sp³-hybridized carbons (Fsp3) is 0.600. The normalized spacial score (nSPS) is 17.4. The molecule has 0 aliphatic carbocycles. The SMILES string of the molecule is CCCN(C)c1nc(NC2COC2)cc(C(=O)NC[C@@H](O)[C@@H]2Cc3ccc(OCOC)cc3CN2C(=O)OC(C)(C)C)n1. The summed E-state index contributed by atoms with van der Waals surface area (Å²) in [6.45, 7) is 9.50. The summed E-state index contributed by atoms with van der Waals surface area (Å²) < 4.78 is 21.5. The molecule has 1 saturated heterocycles. The van der Waals surface area contributed by atoms with Gasteiger partial charge in [0.1, 0.15) is 22.9 Å². The van der Waals surface area contributed by atoms with E-state index in [1.54, 1.807) is 33.9 Å². The lowest BCUT2D eigenvalue weighted by Gasteiger charge is -2.40. The summed E-state index contributed by atoms with van der Waals surface area (Å²) in [5.74, 6) is 1.11. The maximum atomic E-state index is 13.3. The summed E-state index contributed by atoms with van der Waals surface area (Å²) in [6.07, 6.45) is -0.371. The summed E-state index contributed by atoms with van der Waals surface area (Å²) in [7, 11) is 3.42. The van der Waals surface area contributed by atoms with Gasteiger partial charge in [-0.05, 0) is 56.9 Å². The molecule has 2 amide bonds. The third-order valence-electron chi connectivity index (χ3n) is 7.07. The number of amides is 2. The Labute approximate surface area is 252 Å². The average Bonchev–Trinajstić information content (AvgIpc) is 2.94. The molecule has 2 aromatic rings. The molecule has 13 heteroatoms. The molecule has 2 atom stereocenters. The Kier molecular flexibility index (Phi) is 10.6. The quantitative estimate of drug-likeness (QED) is 0.309. The molecule has 1 aromatic carbocycles. The van der Waals surface area contributed by atoms with Crippen molar-refractivity contribution in [1.82, 2.24) is 20.2 Å². The van der Waals surface area contributed by atoms with Crippen molar-refractivity contribution in [2.24, 2.45) is 0 Å². The van der Waals surface area contributed by atoms with E-state index in [2.05, 4.69) is 27.5 Å². The molecule has 13 nitrogen and oxygen atoms in total.